The van der Waals surface area contributed by atoms with E-state index in [2.05, 4.69) is 74.6 Å². The van der Waals surface area contributed by atoms with E-state index in [1.54, 1.807) is 0 Å². The van der Waals surface area contributed by atoms with Gasteiger partial charge in [-0.3, -0.25) is 4.79 Å². The summed E-state index contributed by atoms with van der Waals surface area (Å²) in [5.41, 5.74) is 8.75. The van der Waals surface area contributed by atoms with Crippen LogP contribution in [-0.2, 0) is 4.79 Å². The Hall–Kier alpha value is -2.81. The normalized spacial score (nSPS) is 36.6. The number of hydrogen-bond donors (Lipinski definition) is 7. The molecule has 2 saturated carbocycles. The van der Waals surface area contributed by atoms with E-state index in [4.69, 9.17) is 5.73 Å². The first kappa shape index (κ1) is 41.8. The van der Waals surface area contributed by atoms with Crippen LogP contribution in [0.2, 0.25) is 0 Å². The Morgan fingerprint density at radius 3 is 2.49 bits per heavy atom. The fourth-order valence-electron chi connectivity index (χ4n) is 11.7. The van der Waals surface area contributed by atoms with Crippen molar-refractivity contribution in [2.75, 3.05) is 6.54 Å². The van der Waals surface area contributed by atoms with E-state index in [0.29, 0.717) is 43.0 Å². The SMILES string of the molecule is CCCCCC1C=CC(CCCCC2CCC(c3cc(C(C)CC(C)C)c[nH]3)C3CC(CC4=CCNC(N)=C4)C4C=CC(CC43O)C(O)C2C(=O)O)C(O)C1. The second-order valence-corrected chi connectivity index (χ2v) is 18.9. The predicted molar refractivity (Wildman–Crippen MR) is 221 cm³/mol. The number of aromatic nitrogens is 1. The molecule has 13 atom stereocenters. The van der Waals surface area contributed by atoms with Gasteiger partial charge in [-0.1, -0.05) is 90.2 Å². The monoisotopic (exact) mass is 760 g/mol. The van der Waals surface area contributed by atoms with E-state index in [1.165, 1.54) is 30.4 Å². The van der Waals surface area contributed by atoms with Gasteiger partial charge < -0.3 is 36.5 Å². The van der Waals surface area contributed by atoms with E-state index >= 15 is 0 Å². The molecule has 0 amide bonds. The fourth-order valence-corrected chi connectivity index (χ4v) is 11.7. The van der Waals surface area contributed by atoms with Crippen molar-refractivity contribution in [3.8, 4) is 0 Å². The number of H-pyrrole nitrogens is 1. The number of carboxylic acid groups (broad SMARTS) is 1. The van der Waals surface area contributed by atoms with E-state index in [0.717, 1.165) is 69.9 Å². The Bertz CT molecular complexity index is 1540. The van der Waals surface area contributed by atoms with Crippen molar-refractivity contribution in [1.82, 2.24) is 10.3 Å². The van der Waals surface area contributed by atoms with Gasteiger partial charge in [-0.25, -0.2) is 0 Å². The lowest BCUT2D eigenvalue weighted by Crippen LogP contribution is -2.50. The molecule has 13 unspecified atom stereocenters. The zero-order valence-corrected chi connectivity index (χ0v) is 34.2. The molecule has 4 aliphatic carbocycles. The number of aliphatic carboxylic acids is 1. The molecule has 0 spiro atoms. The van der Waals surface area contributed by atoms with Crippen LogP contribution in [0.3, 0.4) is 0 Å². The van der Waals surface area contributed by atoms with Gasteiger partial charge in [-0.05, 0) is 123 Å². The average Bonchev–Trinajstić information content (AvgIpc) is 3.73. The van der Waals surface area contributed by atoms with Gasteiger partial charge >= 0.3 is 5.97 Å². The average molecular weight is 760 g/mol. The molecule has 2 bridgehead atoms. The van der Waals surface area contributed by atoms with Gasteiger partial charge in [-0.15, -0.1) is 0 Å². The number of aliphatic hydroxyl groups excluding tert-OH is 2. The van der Waals surface area contributed by atoms with E-state index in [9.17, 15) is 25.2 Å². The van der Waals surface area contributed by atoms with Crippen LogP contribution in [0.15, 0.2) is 60.1 Å². The number of allylic oxidation sites excluding steroid dienone is 3. The molecule has 2 fully saturated rings. The molecule has 0 radical (unpaired) electrons. The highest BCUT2D eigenvalue weighted by atomic mass is 16.4. The number of carboxylic acids is 1. The maximum absolute atomic E-state index is 13.2. The Morgan fingerprint density at radius 2 is 1.76 bits per heavy atom. The first-order chi connectivity index (χ1) is 26.4. The van der Waals surface area contributed by atoms with Crippen LogP contribution in [0.25, 0.3) is 0 Å². The van der Waals surface area contributed by atoms with Crippen molar-refractivity contribution < 1.29 is 25.2 Å². The number of hydrogen-bond acceptors (Lipinski definition) is 6. The number of carbonyl (C=O) groups is 1. The summed E-state index contributed by atoms with van der Waals surface area (Å²) in [4.78, 5) is 16.9. The molecule has 55 heavy (non-hydrogen) atoms. The van der Waals surface area contributed by atoms with Gasteiger partial charge in [0.15, 0.2) is 0 Å². The summed E-state index contributed by atoms with van der Waals surface area (Å²) >= 11 is 0. The third-order valence-corrected chi connectivity index (χ3v) is 14.6. The van der Waals surface area contributed by atoms with Crippen LogP contribution < -0.4 is 11.1 Å². The molecule has 0 saturated heterocycles. The highest BCUT2D eigenvalue weighted by Crippen LogP contribution is 2.59. The molecule has 6 rings (SSSR count). The predicted octanol–water partition coefficient (Wildman–Crippen LogP) is 8.69. The number of nitrogens with two attached hydrogens (primary N) is 1. The van der Waals surface area contributed by atoms with Gasteiger partial charge in [0.1, 0.15) is 0 Å². The van der Waals surface area contributed by atoms with Gasteiger partial charge in [0.05, 0.1) is 29.5 Å². The van der Waals surface area contributed by atoms with Gasteiger partial charge in [0.25, 0.3) is 0 Å². The Labute approximate surface area is 331 Å². The highest BCUT2D eigenvalue weighted by Gasteiger charge is 2.59. The number of dihydropyridines is 1. The molecule has 5 aliphatic rings. The summed E-state index contributed by atoms with van der Waals surface area (Å²) in [5.74, 6) is -0.0747. The summed E-state index contributed by atoms with van der Waals surface area (Å²) < 4.78 is 0. The van der Waals surface area contributed by atoms with Crippen molar-refractivity contribution in [3.05, 3.63) is 71.4 Å². The number of fused-ring (bicyclic) bond motifs is 1. The first-order valence-corrected chi connectivity index (χ1v) is 22.1. The lowest BCUT2D eigenvalue weighted by molar-refractivity contribution is -0.153. The van der Waals surface area contributed by atoms with Crippen LogP contribution >= 0.6 is 0 Å². The maximum atomic E-state index is 13.2. The Balaban J connectivity index is 1.24. The second-order valence-electron chi connectivity index (χ2n) is 18.9. The van der Waals surface area contributed by atoms with E-state index < -0.39 is 29.5 Å². The molecular formula is C47H73N3O5. The van der Waals surface area contributed by atoms with Gasteiger partial charge in [0.2, 0.25) is 0 Å². The summed E-state index contributed by atoms with van der Waals surface area (Å²) in [6, 6.07) is 2.33. The molecule has 8 nitrogen and oxygen atoms in total. The molecule has 0 aromatic carbocycles. The van der Waals surface area contributed by atoms with Crippen LogP contribution in [0, 0.1) is 53.3 Å². The van der Waals surface area contributed by atoms with Crippen LogP contribution in [0.5, 0.6) is 0 Å². The molecule has 1 aromatic heterocycles. The third kappa shape index (κ3) is 9.84. The Kier molecular flexibility index (Phi) is 14.2. The van der Waals surface area contributed by atoms with Crippen molar-refractivity contribution >= 4 is 5.97 Å². The van der Waals surface area contributed by atoms with Crippen molar-refractivity contribution in [2.45, 2.75) is 154 Å². The topological polar surface area (TPSA) is 152 Å². The third-order valence-electron chi connectivity index (χ3n) is 14.6. The summed E-state index contributed by atoms with van der Waals surface area (Å²) in [6.07, 6.45) is 27.3. The lowest BCUT2D eigenvalue weighted by atomic mass is 9.62. The minimum absolute atomic E-state index is 0.0345. The van der Waals surface area contributed by atoms with Crippen molar-refractivity contribution in [2.24, 2.45) is 59.0 Å². The van der Waals surface area contributed by atoms with Gasteiger partial charge in [-0.2, -0.15) is 0 Å². The van der Waals surface area contributed by atoms with Crippen LogP contribution in [0.1, 0.15) is 147 Å². The standard InChI is InChI=1S/C47H73N3O5/c1-5-6-7-10-31-13-14-33(42(51)23-31)11-8-9-12-34-15-17-38(41-26-37(28-50-41)30(4)21-29(2)3)40-25-36(22-32-19-20-49-43(48)24-32)39-18-16-35(27-47(39,40)55)45(52)44(34)46(53)54/h13-14,16,18-19,24,26,28-31,33-36,38-40,42,44-45,49-52,55H,5-12,15,17,20-23,25,27,48H2,1-4H3,(H,53,54). The van der Waals surface area contributed by atoms with Crippen molar-refractivity contribution in [3.63, 3.8) is 0 Å². The quantitative estimate of drug-likeness (QED) is 0.0658. The molecule has 1 aromatic rings. The molecule has 306 valence electrons. The largest absolute Gasteiger partial charge is 0.481 e. The highest BCUT2D eigenvalue weighted by molar-refractivity contribution is 5.71. The van der Waals surface area contributed by atoms with E-state index in [1.807, 2.05) is 12.2 Å². The molecule has 2 heterocycles. The minimum Gasteiger partial charge on any atom is -0.481 e. The zero-order valence-electron chi connectivity index (χ0n) is 34.2. The molecular weight excluding hydrogens is 687 g/mol. The fraction of sp³-hybridized carbons (Fsp3) is 0.723. The number of rotatable bonds is 16. The summed E-state index contributed by atoms with van der Waals surface area (Å²) in [5, 5.41) is 50.0. The summed E-state index contributed by atoms with van der Waals surface area (Å²) in [6.45, 7) is 9.74. The summed E-state index contributed by atoms with van der Waals surface area (Å²) in [7, 11) is 0. The first-order valence-electron chi connectivity index (χ1n) is 22.1. The number of aliphatic hydroxyl groups is 3. The van der Waals surface area contributed by atoms with E-state index in [-0.39, 0.29) is 41.6 Å². The number of unbranched alkanes of at least 4 members (excludes halogenated alkanes) is 3. The molecule has 8 heteroatoms. The number of aromatic amines is 1. The lowest BCUT2D eigenvalue weighted by Gasteiger charge is -2.46. The zero-order chi connectivity index (χ0) is 39.3. The maximum Gasteiger partial charge on any atom is 0.309 e. The molecule has 8 N–H and O–H groups in total. The Morgan fingerprint density at radius 1 is 0.982 bits per heavy atom. The van der Waals surface area contributed by atoms with Crippen LogP contribution in [0.4, 0.5) is 0 Å². The minimum atomic E-state index is -1.07. The second kappa shape index (κ2) is 18.6. The van der Waals surface area contributed by atoms with Crippen molar-refractivity contribution in [1.29, 1.82) is 0 Å². The molecule has 1 aliphatic heterocycles. The smallest absolute Gasteiger partial charge is 0.309 e. The van der Waals surface area contributed by atoms with Crippen LogP contribution in [-0.4, -0.2) is 55.7 Å². The number of nitrogens with one attached hydrogen (secondary N) is 2. The van der Waals surface area contributed by atoms with Gasteiger partial charge in [0, 0.05) is 42.1 Å².